The number of fused-ring (bicyclic) bond motifs is 5. The van der Waals surface area contributed by atoms with Crippen LogP contribution in [0.3, 0.4) is 0 Å². The molecule has 2 heterocycles. The number of urea groups is 1. The lowest BCUT2D eigenvalue weighted by atomic mass is 9.76. The lowest BCUT2D eigenvalue weighted by Crippen LogP contribution is -2.61. The number of hydrogen-bond donors (Lipinski definition) is 7. The summed E-state index contributed by atoms with van der Waals surface area (Å²) in [6.45, 7) is 18.6. The van der Waals surface area contributed by atoms with Crippen molar-refractivity contribution in [1.82, 2.24) is 31.6 Å². The van der Waals surface area contributed by atoms with E-state index in [2.05, 4.69) is 37.0 Å². The second-order valence-electron chi connectivity index (χ2n) is 25.7. The third kappa shape index (κ3) is 18.5. The van der Waals surface area contributed by atoms with Crippen LogP contribution in [-0.2, 0) is 74.5 Å². The fourth-order valence-electron chi connectivity index (χ4n) is 11.5. The standard InChI is InChI=1S/C68H90N10O11/c1-40(2)51(37-48(79)30-31-56(81)78-38-46-20-13-14-22-49(46)58-59(75-76-74-58)50-23-15-16-25-53(50)78)62(83)72-52(24-18-32-71-66(69)88)55(80)35-43-26-28-44(29-27-43)39-89-57(82)36-45-19-17-21-47(34-45)68(9,10)60(70-11)63(84)73-61(67(6,7)8)64(85)77(12)54(41(3)4)33-42(5)65(86)87/h13-17,19-23,25-29,33-34,40-41,51-52,54,58-61,70H,18,24,30-32,35-39H2,1-12H3,(H,72,83)(H,73,84)(H,74,75)(H,86,87)(H3,69,71,88)/b42-33+/t51-,52-,54+,58?,59?,60?,61+/m1/s1. The minimum absolute atomic E-state index is 0.0572. The Bertz CT molecular complexity index is 3280. The molecule has 2 aliphatic heterocycles. The van der Waals surface area contributed by atoms with E-state index in [-0.39, 0.29) is 111 Å². The van der Waals surface area contributed by atoms with Crippen molar-refractivity contribution in [3.05, 3.63) is 148 Å². The first-order valence-electron chi connectivity index (χ1n) is 30.5. The van der Waals surface area contributed by atoms with Gasteiger partial charge in [0.1, 0.15) is 24.5 Å². The topological polar surface area (TPSA) is 300 Å². The van der Waals surface area contributed by atoms with Crippen LogP contribution in [0.4, 0.5) is 10.5 Å². The predicted molar refractivity (Wildman–Crippen MR) is 339 cm³/mol. The van der Waals surface area contributed by atoms with E-state index in [4.69, 9.17) is 10.5 Å². The quantitative estimate of drug-likeness (QED) is 0.0153. The second-order valence-corrected chi connectivity index (χ2v) is 25.7. The van der Waals surface area contributed by atoms with Gasteiger partial charge in [-0.05, 0) is 83.5 Å². The maximum Gasteiger partial charge on any atom is 0.331 e. The Morgan fingerprint density at radius 3 is 2.10 bits per heavy atom. The van der Waals surface area contributed by atoms with Gasteiger partial charge in [-0.25, -0.2) is 9.59 Å². The van der Waals surface area contributed by atoms with Gasteiger partial charge >= 0.3 is 18.0 Å². The Hall–Kier alpha value is -8.59. The van der Waals surface area contributed by atoms with Crippen molar-refractivity contribution in [2.24, 2.45) is 39.2 Å². The molecule has 3 unspecified atom stereocenters. The van der Waals surface area contributed by atoms with Crippen LogP contribution in [-0.4, -0.2) is 108 Å². The summed E-state index contributed by atoms with van der Waals surface area (Å²) < 4.78 is 5.70. The van der Waals surface area contributed by atoms with Crippen molar-refractivity contribution in [3.63, 3.8) is 0 Å². The number of nitrogens with one attached hydrogen (secondary N) is 5. The van der Waals surface area contributed by atoms with E-state index in [9.17, 15) is 48.3 Å². The number of Topliss-reactive ketones (excluding diaryl/α,β-unsaturated/α-hetero) is 2. The molecule has 21 nitrogen and oxygen atoms in total. The van der Waals surface area contributed by atoms with Crippen molar-refractivity contribution >= 4 is 58.9 Å². The summed E-state index contributed by atoms with van der Waals surface area (Å²) in [4.78, 5) is 124. The number of aliphatic carboxylic acids is 1. The van der Waals surface area contributed by atoms with E-state index in [0.29, 0.717) is 28.8 Å². The highest BCUT2D eigenvalue weighted by Crippen LogP contribution is 2.44. The van der Waals surface area contributed by atoms with Crippen molar-refractivity contribution in [2.45, 2.75) is 169 Å². The number of carbonyl (C=O) groups excluding carboxylic acids is 8. The highest BCUT2D eigenvalue weighted by atomic mass is 16.5. The summed E-state index contributed by atoms with van der Waals surface area (Å²) in [6, 6.07) is 25.1. The van der Waals surface area contributed by atoms with Crippen LogP contribution in [0.25, 0.3) is 0 Å². The number of benzene rings is 4. The SMILES string of the molecule is CNC(C(=O)N[C@@H](C(=O)N(C)[C@@H](/C=C(\C)C(=O)O)C(C)C)C(C)(C)C)C(C)(C)c1cccc(CC(=O)OCc2ccc(CC(=O)[C@@H](CCCNC(N)=O)NC(=O)[C@H](CC(=O)CCC(=O)N3Cc4ccccc4C4NN=NC4c4ccccc43)C(C)C)cc2)c1. The number of ketones is 2. The van der Waals surface area contributed by atoms with Gasteiger partial charge in [0.2, 0.25) is 23.6 Å². The molecule has 0 fully saturated rings. The Morgan fingerprint density at radius 2 is 1.46 bits per heavy atom. The number of nitrogens with two attached hydrogens (primary N) is 1. The number of primary amides is 1. The minimum Gasteiger partial charge on any atom is -0.478 e. The monoisotopic (exact) mass is 1220 g/mol. The van der Waals surface area contributed by atoms with E-state index in [1.165, 1.54) is 11.8 Å². The fraction of sp³-hybridized carbons (Fsp3) is 0.485. The van der Waals surface area contributed by atoms with Gasteiger partial charge in [0.05, 0.1) is 37.1 Å². The molecule has 89 heavy (non-hydrogen) atoms. The molecule has 8 N–H and O–H groups in total. The van der Waals surface area contributed by atoms with Crippen LogP contribution in [0, 0.1) is 23.2 Å². The normalized spacial score (nSPS) is 16.4. The number of likely N-dealkylation sites (N-methyl/N-ethyl adjacent to an activating group) is 2. The summed E-state index contributed by atoms with van der Waals surface area (Å²) in [5.74, 6) is -4.90. The molecular formula is C68H90N10O11. The zero-order valence-electron chi connectivity index (χ0n) is 53.5. The molecule has 0 saturated heterocycles. The summed E-state index contributed by atoms with van der Waals surface area (Å²) >= 11 is 0. The lowest BCUT2D eigenvalue weighted by molar-refractivity contribution is -0.144. The molecule has 0 aliphatic carbocycles. The molecular weight excluding hydrogens is 1130 g/mol. The molecule has 0 aromatic heterocycles. The summed E-state index contributed by atoms with van der Waals surface area (Å²) in [7, 11) is 3.27. The van der Waals surface area contributed by atoms with E-state index >= 15 is 0 Å². The number of anilines is 1. The van der Waals surface area contributed by atoms with Crippen LogP contribution in [0.5, 0.6) is 0 Å². The van der Waals surface area contributed by atoms with E-state index in [1.807, 2.05) is 123 Å². The number of hydrogen-bond acceptors (Lipinski definition) is 14. The van der Waals surface area contributed by atoms with E-state index < -0.39 is 70.7 Å². The van der Waals surface area contributed by atoms with Crippen molar-refractivity contribution < 1.29 is 53.0 Å². The number of carbonyl (C=O) groups is 9. The Morgan fingerprint density at radius 1 is 0.798 bits per heavy atom. The summed E-state index contributed by atoms with van der Waals surface area (Å²) in [5, 5.41) is 29.8. The zero-order valence-corrected chi connectivity index (χ0v) is 53.5. The third-order valence-corrected chi connectivity index (χ3v) is 16.9. The van der Waals surface area contributed by atoms with Gasteiger partial charge in [-0.15, -0.1) is 0 Å². The number of rotatable bonds is 29. The van der Waals surface area contributed by atoms with Crippen LogP contribution >= 0.6 is 0 Å². The minimum atomic E-state index is -1.08. The van der Waals surface area contributed by atoms with Crippen molar-refractivity contribution in [3.8, 4) is 0 Å². The molecule has 21 heteroatoms. The van der Waals surface area contributed by atoms with Crippen LogP contribution in [0.2, 0.25) is 0 Å². The Kier molecular flexibility index (Phi) is 24.2. The number of ether oxygens (including phenoxy) is 1. The van der Waals surface area contributed by atoms with Gasteiger partial charge < -0.3 is 46.6 Å². The maximum absolute atomic E-state index is 14.3. The van der Waals surface area contributed by atoms with Crippen molar-refractivity contribution in [2.75, 3.05) is 25.5 Å². The van der Waals surface area contributed by atoms with Gasteiger partial charge in [0.15, 0.2) is 5.78 Å². The summed E-state index contributed by atoms with van der Waals surface area (Å²) in [5.41, 5.74) is 13.1. The number of carboxylic acids is 1. The number of amides is 6. The smallest absolute Gasteiger partial charge is 0.331 e. The highest BCUT2D eigenvalue weighted by Gasteiger charge is 2.43. The number of nitrogens with zero attached hydrogens (tertiary/aromatic N) is 4. The maximum atomic E-state index is 14.3. The molecule has 0 bridgehead atoms. The molecule has 0 spiro atoms. The number of carboxylic acid groups (broad SMARTS) is 1. The van der Waals surface area contributed by atoms with Crippen LogP contribution < -0.4 is 37.3 Å². The van der Waals surface area contributed by atoms with E-state index in [0.717, 1.165) is 22.3 Å². The number of para-hydroxylation sites is 1. The third-order valence-electron chi connectivity index (χ3n) is 16.9. The van der Waals surface area contributed by atoms with Crippen molar-refractivity contribution in [1.29, 1.82) is 0 Å². The fourth-order valence-corrected chi connectivity index (χ4v) is 11.5. The molecule has 4 aromatic carbocycles. The van der Waals surface area contributed by atoms with Gasteiger partial charge in [-0.1, -0.05) is 165 Å². The molecule has 0 radical (unpaired) electrons. The average Bonchev–Trinajstić information content (AvgIpc) is 1.84. The summed E-state index contributed by atoms with van der Waals surface area (Å²) in [6.07, 6.45) is 1.57. The highest BCUT2D eigenvalue weighted by molar-refractivity contribution is 5.98. The molecule has 7 atom stereocenters. The predicted octanol–water partition coefficient (Wildman–Crippen LogP) is 8.24. The lowest BCUT2D eigenvalue weighted by Gasteiger charge is -2.40. The molecule has 6 rings (SSSR count). The average molecular weight is 1220 g/mol. The molecule has 6 amide bonds. The van der Waals surface area contributed by atoms with Gasteiger partial charge in [0.25, 0.3) is 0 Å². The molecule has 4 aromatic rings. The second kappa shape index (κ2) is 31.0. The number of esters is 1. The largest absolute Gasteiger partial charge is 0.478 e. The first-order chi connectivity index (χ1) is 42.0. The zero-order chi connectivity index (χ0) is 65.5. The first kappa shape index (κ1) is 69.5. The molecule has 0 saturated carbocycles. The molecule has 478 valence electrons. The first-order valence-corrected chi connectivity index (χ1v) is 30.5. The molecule has 2 aliphatic rings. The van der Waals surface area contributed by atoms with Gasteiger partial charge in [0, 0.05) is 67.4 Å². The van der Waals surface area contributed by atoms with E-state index in [1.54, 1.807) is 61.5 Å². The van der Waals surface area contributed by atoms with Crippen LogP contribution in [0.1, 0.15) is 152 Å². The van der Waals surface area contributed by atoms with Crippen LogP contribution in [0.15, 0.2) is 119 Å². The Labute approximate surface area is 522 Å². The Balaban J connectivity index is 1.04. The van der Waals surface area contributed by atoms with Gasteiger partial charge in [-0.3, -0.25) is 39.0 Å². The van der Waals surface area contributed by atoms with Gasteiger partial charge in [-0.2, -0.15) is 5.11 Å².